The number of nitrogens with zero attached hydrogens (tertiary/aromatic N) is 1. The molecule has 6 heteroatoms. The monoisotopic (exact) mass is 395 g/mol. The molecule has 1 aromatic carbocycles. The van der Waals surface area contributed by atoms with Crippen LogP contribution in [0.1, 0.15) is 43.7 Å². The van der Waals surface area contributed by atoms with E-state index in [0.717, 1.165) is 26.5 Å². The molecule has 0 aliphatic rings. The first-order valence-electron chi connectivity index (χ1n) is 7.63. The summed E-state index contributed by atoms with van der Waals surface area (Å²) in [6.45, 7) is 7.45. The van der Waals surface area contributed by atoms with Crippen molar-refractivity contribution in [3.8, 4) is 0 Å². The average molecular weight is 396 g/mol. The number of hydrogen-bond acceptors (Lipinski definition) is 5. The number of aryl methyl sites for hydroxylation is 1. The Morgan fingerprint density at radius 2 is 2.04 bits per heavy atom. The summed E-state index contributed by atoms with van der Waals surface area (Å²) >= 11 is 3.59. The lowest BCUT2D eigenvalue weighted by molar-refractivity contribution is -0.164. The number of rotatable bonds is 4. The van der Waals surface area contributed by atoms with Crippen LogP contribution in [-0.2, 0) is 20.9 Å². The van der Waals surface area contributed by atoms with Crippen LogP contribution in [0.3, 0.4) is 0 Å². The number of benzene rings is 1. The third kappa shape index (κ3) is 3.94. The van der Waals surface area contributed by atoms with E-state index in [2.05, 4.69) is 20.9 Å². The molecule has 2 aromatic rings. The van der Waals surface area contributed by atoms with E-state index in [0.29, 0.717) is 5.69 Å². The second kappa shape index (κ2) is 7.17. The Balaban J connectivity index is 2.66. The van der Waals surface area contributed by atoms with Gasteiger partial charge in [-0.2, -0.15) is 0 Å². The van der Waals surface area contributed by atoms with Crippen molar-refractivity contribution in [1.82, 2.24) is 4.98 Å². The number of aliphatic hydroxyl groups excluding tert-OH is 1. The average Bonchev–Trinajstić information content (AvgIpc) is 2.51. The molecule has 1 N–H and O–H groups in total. The molecule has 0 saturated heterocycles. The van der Waals surface area contributed by atoms with Crippen molar-refractivity contribution in [2.45, 2.75) is 46.0 Å². The molecule has 0 spiro atoms. The zero-order valence-corrected chi connectivity index (χ0v) is 16.1. The number of aliphatic hydroxyl groups is 1. The van der Waals surface area contributed by atoms with Crippen molar-refractivity contribution in [1.29, 1.82) is 0 Å². The Bertz CT molecular complexity index is 768. The van der Waals surface area contributed by atoms with E-state index in [9.17, 15) is 9.90 Å². The van der Waals surface area contributed by atoms with E-state index in [1.165, 1.54) is 7.11 Å². The summed E-state index contributed by atoms with van der Waals surface area (Å²) in [4.78, 5) is 16.7. The summed E-state index contributed by atoms with van der Waals surface area (Å²) < 4.78 is 11.6. The summed E-state index contributed by atoms with van der Waals surface area (Å²) in [5.74, 6) is -0.451. The topological polar surface area (TPSA) is 68.7 Å². The molecule has 1 atom stereocenters. The van der Waals surface area contributed by atoms with Crippen LogP contribution < -0.4 is 0 Å². The number of esters is 1. The number of fused-ring (bicyclic) bond motifs is 1. The molecule has 1 heterocycles. The highest BCUT2D eigenvalue weighted by Crippen LogP contribution is 2.37. The van der Waals surface area contributed by atoms with Crippen molar-refractivity contribution >= 4 is 32.8 Å². The third-order valence-corrected chi connectivity index (χ3v) is 4.40. The minimum absolute atomic E-state index is 0.119. The van der Waals surface area contributed by atoms with Gasteiger partial charge >= 0.3 is 5.97 Å². The molecule has 1 unspecified atom stereocenters. The second-order valence-corrected chi connectivity index (χ2v) is 7.37. The molecule has 0 aliphatic heterocycles. The number of halogens is 1. The molecule has 24 heavy (non-hydrogen) atoms. The first kappa shape index (κ1) is 18.8. The van der Waals surface area contributed by atoms with Gasteiger partial charge in [-0.1, -0.05) is 0 Å². The molecule has 0 radical (unpaired) electrons. The number of methoxy groups -OCH3 is 1. The number of ether oxygens (including phenoxy) is 2. The van der Waals surface area contributed by atoms with E-state index < -0.39 is 17.7 Å². The smallest absolute Gasteiger partial charge is 0.339 e. The Morgan fingerprint density at radius 3 is 2.58 bits per heavy atom. The summed E-state index contributed by atoms with van der Waals surface area (Å²) in [5, 5.41) is 10.1. The molecule has 130 valence electrons. The van der Waals surface area contributed by atoms with E-state index in [1.807, 2.05) is 39.8 Å². The lowest BCUT2D eigenvalue weighted by Gasteiger charge is -2.28. The normalized spacial score (nSPS) is 13.1. The Hall–Kier alpha value is -1.50. The van der Waals surface area contributed by atoms with Crippen molar-refractivity contribution < 1.29 is 19.4 Å². The highest BCUT2D eigenvalue weighted by atomic mass is 79.9. The highest BCUT2D eigenvalue weighted by molar-refractivity contribution is 9.10. The largest absolute Gasteiger partial charge is 0.467 e. The van der Waals surface area contributed by atoms with Gasteiger partial charge in [0, 0.05) is 15.4 Å². The van der Waals surface area contributed by atoms with Gasteiger partial charge in [-0.25, -0.2) is 4.79 Å². The fourth-order valence-electron chi connectivity index (χ4n) is 2.51. The van der Waals surface area contributed by atoms with E-state index >= 15 is 0 Å². The SMILES string of the molecule is COC(=O)C(OC(C)(C)C)c1c(C)cc2nc(CO)ccc2c1Br. The lowest BCUT2D eigenvalue weighted by Crippen LogP contribution is -2.29. The van der Waals surface area contributed by atoms with Gasteiger partial charge < -0.3 is 14.6 Å². The predicted octanol–water partition coefficient (Wildman–Crippen LogP) is 3.83. The van der Waals surface area contributed by atoms with Gasteiger partial charge in [0.25, 0.3) is 0 Å². The van der Waals surface area contributed by atoms with Gasteiger partial charge in [0.2, 0.25) is 0 Å². The molecule has 2 rings (SSSR count). The molecule has 1 aromatic heterocycles. The molecule has 5 nitrogen and oxygen atoms in total. The van der Waals surface area contributed by atoms with Crippen LogP contribution in [0.5, 0.6) is 0 Å². The summed E-state index contributed by atoms with van der Waals surface area (Å²) in [6.07, 6.45) is -0.841. The second-order valence-electron chi connectivity index (χ2n) is 6.58. The van der Waals surface area contributed by atoms with E-state index in [-0.39, 0.29) is 6.61 Å². The summed E-state index contributed by atoms with van der Waals surface area (Å²) in [5.41, 5.74) is 2.41. The first-order chi connectivity index (χ1) is 11.2. The van der Waals surface area contributed by atoms with Crippen LogP contribution in [0, 0.1) is 6.92 Å². The molecule has 0 fully saturated rings. The molecule has 0 bridgehead atoms. The van der Waals surface area contributed by atoms with Crippen molar-refractivity contribution in [2.75, 3.05) is 7.11 Å². The van der Waals surface area contributed by atoms with Crippen LogP contribution in [0.4, 0.5) is 0 Å². The maximum atomic E-state index is 12.3. The number of hydrogen-bond donors (Lipinski definition) is 1. The number of pyridine rings is 1. The van der Waals surface area contributed by atoms with Crippen molar-refractivity contribution in [3.05, 3.63) is 39.5 Å². The van der Waals surface area contributed by atoms with Gasteiger partial charge in [0.05, 0.1) is 30.5 Å². The molecule has 0 amide bonds. The minimum atomic E-state index is -0.841. The maximum absolute atomic E-state index is 12.3. The van der Waals surface area contributed by atoms with Gasteiger partial charge in [-0.3, -0.25) is 4.98 Å². The van der Waals surface area contributed by atoms with Gasteiger partial charge in [0.15, 0.2) is 6.10 Å². The van der Waals surface area contributed by atoms with Crippen LogP contribution in [0.25, 0.3) is 10.9 Å². The fourth-order valence-corrected chi connectivity index (χ4v) is 3.37. The predicted molar refractivity (Wildman–Crippen MR) is 95.7 cm³/mol. The van der Waals surface area contributed by atoms with Crippen molar-refractivity contribution in [3.63, 3.8) is 0 Å². The van der Waals surface area contributed by atoms with Gasteiger partial charge in [0.1, 0.15) is 0 Å². The van der Waals surface area contributed by atoms with Crippen LogP contribution >= 0.6 is 15.9 Å². The van der Waals surface area contributed by atoms with Crippen molar-refractivity contribution in [2.24, 2.45) is 0 Å². The Labute approximate surface area is 150 Å². The summed E-state index contributed by atoms with van der Waals surface area (Å²) in [6, 6.07) is 5.51. The molecule has 0 aliphatic carbocycles. The van der Waals surface area contributed by atoms with E-state index in [4.69, 9.17) is 9.47 Å². The zero-order valence-electron chi connectivity index (χ0n) is 14.5. The minimum Gasteiger partial charge on any atom is -0.467 e. The third-order valence-electron chi connectivity index (χ3n) is 3.54. The maximum Gasteiger partial charge on any atom is 0.339 e. The number of carbonyl (C=O) groups is 1. The van der Waals surface area contributed by atoms with Crippen LogP contribution in [-0.4, -0.2) is 28.8 Å². The Kier molecular flexibility index (Phi) is 5.63. The molecular formula is C18H22BrNO4. The van der Waals surface area contributed by atoms with Gasteiger partial charge in [-0.15, -0.1) is 0 Å². The van der Waals surface area contributed by atoms with Crippen LogP contribution in [0.2, 0.25) is 0 Å². The molecule has 0 saturated carbocycles. The Morgan fingerprint density at radius 1 is 1.38 bits per heavy atom. The fraction of sp³-hybridized carbons (Fsp3) is 0.444. The quantitative estimate of drug-likeness (QED) is 0.796. The van der Waals surface area contributed by atoms with Gasteiger partial charge in [-0.05, 0) is 67.4 Å². The van der Waals surface area contributed by atoms with Crippen LogP contribution in [0.15, 0.2) is 22.7 Å². The summed E-state index contributed by atoms with van der Waals surface area (Å²) in [7, 11) is 1.35. The standard InChI is InChI=1S/C18H22BrNO4/c1-10-8-13-12(7-6-11(9-21)20-13)15(19)14(10)16(17(22)23-5)24-18(2,3)4/h6-8,16,21H,9H2,1-5H3. The number of carbonyl (C=O) groups excluding carboxylic acids is 1. The highest BCUT2D eigenvalue weighted by Gasteiger charge is 2.31. The number of aromatic nitrogens is 1. The lowest BCUT2D eigenvalue weighted by atomic mass is 9.99. The molecular weight excluding hydrogens is 374 g/mol. The first-order valence-corrected chi connectivity index (χ1v) is 8.42. The van der Waals surface area contributed by atoms with E-state index in [1.54, 1.807) is 6.07 Å². The zero-order chi connectivity index (χ0) is 18.1.